The van der Waals surface area contributed by atoms with Crippen molar-refractivity contribution >= 4 is 38.9 Å². The van der Waals surface area contributed by atoms with Gasteiger partial charge in [-0.25, -0.2) is 8.42 Å². The number of thiophene rings is 1. The van der Waals surface area contributed by atoms with E-state index >= 15 is 0 Å². The van der Waals surface area contributed by atoms with Crippen LogP contribution in [0.15, 0.2) is 46.0 Å². The molecule has 0 bridgehead atoms. The summed E-state index contributed by atoms with van der Waals surface area (Å²) < 4.78 is 27.0. The van der Waals surface area contributed by atoms with Crippen molar-refractivity contribution in [3.63, 3.8) is 0 Å². The molecule has 1 saturated carbocycles. The van der Waals surface area contributed by atoms with Crippen molar-refractivity contribution < 1.29 is 23.1 Å². The van der Waals surface area contributed by atoms with E-state index in [4.69, 9.17) is 5.11 Å². The summed E-state index contributed by atoms with van der Waals surface area (Å²) in [4.78, 5) is 23.3. The third kappa shape index (κ3) is 3.83. The number of nitrogens with one attached hydrogen (secondary N) is 2. The molecule has 132 valence electrons. The van der Waals surface area contributed by atoms with Crippen molar-refractivity contribution in [2.24, 2.45) is 5.41 Å². The number of aliphatic carboxylic acids is 1. The van der Waals surface area contributed by atoms with Crippen LogP contribution >= 0.6 is 11.3 Å². The highest BCUT2D eigenvalue weighted by atomic mass is 32.2. The molecule has 0 radical (unpaired) electrons. The van der Waals surface area contributed by atoms with Gasteiger partial charge in [-0.15, -0.1) is 11.3 Å². The van der Waals surface area contributed by atoms with Crippen molar-refractivity contribution in [1.29, 1.82) is 0 Å². The molecule has 1 fully saturated rings. The lowest BCUT2D eigenvalue weighted by molar-refractivity contribution is -0.143. The first-order valence-corrected chi connectivity index (χ1v) is 9.87. The summed E-state index contributed by atoms with van der Waals surface area (Å²) in [5.41, 5.74) is -0.332. The number of carboxylic acids is 1. The number of carboxylic acid groups (broad SMARTS) is 1. The zero-order valence-corrected chi connectivity index (χ0v) is 14.7. The zero-order valence-electron chi connectivity index (χ0n) is 13.1. The fourth-order valence-corrected chi connectivity index (χ4v) is 4.36. The number of rotatable bonds is 7. The number of amides is 1. The normalized spacial score (nSPS) is 15.4. The van der Waals surface area contributed by atoms with Gasteiger partial charge < -0.3 is 10.4 Å². The molecule has 1 aliphatic carbocycles. The molecule has 0 spiro atoms. The smallest absolute Gasteiger partial charge is 0.311 e. The van der Waals surface area contributed by atoms with E-state index in [0.717, 1.165) is 11.3 Å². The Kier molecular flexibility index (Phi) is 4.53. The molecule has 1 aliphatic rings. The monoisotopic (exact) mass is 380 g/mol. The maximum Gasteiger partial charge on any atom is 0.311 e. The van der Waals surface area contributed by atoms with Crippen LogP contribution in [0.3, 0.4) is 0 Å². The number of hydrogen-bond acceptors (Lipinski definition) is 5. The van der Waals surface area contributed by atoms with Crippen LogP contribution in [0.25, 0.3) is 0 Å². The molecule has 2 aromatic rings. The fraction of sp³-hybridized carbons (Fsp3) is 0.250. The van der Waals surface area contributed by atoms with Gasteiger partial charge in [0.2, 0.25) is 0 Å². The minimum atomic E-state index is -3.69. The molecule has 9 heteroatoms. The predicted molar refractivity (Wildman–Crippen MR) is 93.2 cm³/mol. The van der Waals surface area contributed by atoms with Crippen LogP contribution in [0.1, 0.15) is 23.2 Å². The van der Waals surface area contributed by atoms with Crippen molar-refractivity contribution in [2.75, 3.05) is 11.3 Å². The number of carbonyl (C=O) groups excluding carboxylic acids is 1. The Bertz CT molecular complexity index is 902. The second-order valence-electron chi connectivity index (χ2n) is 5.89. The number of hydrogen-bond donors (Lipinski definition) is 3. The Morgan fingerprint density at radius 3 is 2.56 bits per heavy atom. The largest absolute Gasteiger partial charge is 0.481 e. The zero-order chi connectivity index (χ0) is 18.1. The molecule has 1 amide bonds. The van der Waals surface area contributed by atoms with Gasteiger partial charge in [-0.05, 0) is 42.5 Å². The van der Waals surface area contributed by atoms with Crippen LogP contribution in [0.4, 0.5) is 5.69 Å². The summed E-state index contributed by atoms with van der Waals surface area (Å²) in [6.07, 6.45) is 1.09. The standard InChI is InChI=1S/C16H16N2O5S2/c19-14(17-10-16(6-7-16)15(20)21)11-3-1-4-12(9-11)18-25(22,23)13-5-2-8-24-13/h1-5,8-9,18H,6-7,10H2,(H,17,19)(H,20,21). The molecule has 3 N–H and O–H groups in total. The van der Waals surface area contributed by atoms with Crippen molar-refractivity contribution in [2.45, 2.75) is 17.1 Å². The topological polar surface area (TPSA) is 113 Å². The van der Waals surface area contributed by atoms with Crippen LogP contribution < -0.4 is 10.0 Å². The lowest BCUT2D eigenvalue weighted by Crippen LogP contribution is -2.34. The number of sulfonamides is 1. The third-order valence-corrected chi connectivity index (χ3v) is 6.81. The second-order valence-corrected chi connectivity index (χ2v) is 8.74. The average molecular weight is 380 g/mol. The van der Waals surface area contributed by atoms with E-state index in [1.54, 1.807) is 29.6 Å². The van der Waals surface area contributed by atoms with Crippen LogP contribution in [-0.2, 0) is 14.8 Å². The highest BCUT2D eigenvalue weighted by Crippen LogP contribution is 2.45. The summed E-state index contributed by atoms with van der Waals surface area (Å²) in [6.45, 7) is 0.0618. The Balaban J connectivity index is 1.69. The van der Waals surface area contributed by atoms with E-state index < -0.39 is 27.3 Å². The van der Waals surface area contributed by atoms with E-state index in [-0.39, 0.29) is 22.0 Å². The fourth-order valence-electron chi connectivity index (χ4n) is 2.31. The first-order valence-electron chi connectivity index (χ1n) is 7.50. The van der Waals surface area contributed by atoms with Crippen LogP contribution in [0.2, 0.25) is 0 Å². The summed E-state index contributed by atoms with van der Waals surface area (Å²) in [7, 11) is -3.69. The maximum absolute atomic E-state index is 12.2. The number of anilines is 1. The van der Waals surface area contributed by atoms with Gasteiger partial charge in [-0.2, -0.15) is 0 Å². The predicted octanol–water partition coefficient (Wildman–Crippen LogP) is 2.14. The molecule has 0 atom stereocenters. The van der Waals surface area contributed by atoms with Crippen LogP contribution in [-0.4, -0.2) is 31.9 Å². The maximum atomic E-state index is 12.2. The lowest BCUT2D eigenvalue weighted by atomic mass is 10.1. The number of benzene rings is 1. The molecule has 1 heterocycles. The molecular weight excluding hydrogens is 364 g/mol. The molecule has 0 saturated heterocycles. The third-order valence-electron chi connectivity index (χ3n) is 4.03. The first-order chi connectivity index (χ1) is 11.8. The quantitative estimate of drug-likeness (QED) is 0.681. The van der Waals surface area contributed by atoms with Gasteiger partial charge in [0.15, 0.2) is 0 Å². The Morgan fingerprint density at radius 2 is 1.96 bits per heavy atom. The molecule has 0 unspecified atom stereocenters. The SMILES string of the molecule is O=C(NCC1(C(=O)O)CC1)c1cccc(NS(=O)(=O)c2cccs2)c1. The van der Waals surface area contributed by atoms with Gasteiger partial charge >= 0.3 is 5.97 Å². The highest BCUT2D eigenvalue weighted by Gasteiger charge is 2.50. The summed E-state index contributed by atoms with van der Waals surface area (Å²) in [5, 5.41) is 13.4. The van der Waals surface area contributed by atoms with Gasteiger partial charge in [0.1, 0.15) is 4.21 Å². The van der Waals surface area contributed by atoms with Gasteiger partial charge in [-0.1, -0.05) is 12.1 Å². The minimum absolute atomic E-state index is 0.0618. The second kappa shape index (κ2) is 6.49. The van der Waals surface area contributed by atoms with Crippen molar-refractivity contribution in [3.8, 4) is 0 Å². The summed E-state index contributed by atoms with van der Waals surface area (Å²) in [6, 6.07) is 9.19. The lowest BCUT2D eigenvalue weighted by Gasteiger charge is -2.12. The Morgan fingerprint density at radius 1 is 1.20 bits per heavy atom. The molecule has 1 aromatic heterocycles. The van der Waals surface area contributed by atoms with E-state index in [9.17, 15) is 18.0 Å². The molecule has 0 aliphatic heterocycles. The van der Waals surface area contributed by atoms with Crippen molar-refractivity contribution in [3.05, 3.63) is 47.3 Å². The first kappa shape index (κ1) is 17.4. The van der Waals surface area contributed by atoms with Crippen molar-refractivity contribution in [1.82, 2.24) is 5.32 Å². The van der Waals surface area contributed by atoms with E-state index in [2.05, 4.69) is 10.0 Å². The van der Waals surface area contributed by atoms with Gasteiger partial charge in [0.25, 0.3) is 15.9 Å². The van der Waals surface area contributed by atoms with Gasteiger partial charge in [-0.3, -0.25) is 14.3 Å². The van der Waals surface area contributed by atoms with Gasteiger partial charge in [0, 0.05) is 17.8 Å². The minimum Gasteiger partial charge on any atom is -0.481 e. The van der Waals surface area contributed by atoms with Gasteiger partial charge in [0.05, 0.1) is 5.41 Å². The molecule has 3 rings (SSSR count). The highest BCUT2D eigenvalue weighted by molar-refractivity contribution is 7.94. The molecule has 7 nitrogen and oxygen atoms in total. The van der Waals surface area contributed by atoms with Crippen LogP contribution in [0, 0.1) is 5.41 Å². The molecular formula is C16H16N2O5S2. The molecule has 1 aromatic carbocycles. The molecule has 25 heavy (non-hydrogen) atoms. The van der Waals surface area contributed by atoms with Crippen LogP contribution in [0.5, 0.6) is 0 Å². The summed E-state index contributed by atoms with van der Waals surface area (Å²) in [5.74, 6) is -1.35. The Labute approximate surface area is 148 Å². The van der Waals surface area contributed by atoms with E-state index in [1.807, 2.05) is 0 Å². The Hall–Kier alpha value is -2.39. The average Bonchev–Trinajstić information content (AvgIpc) is 3.15. The van der Waals surface area contributed by atoms with E-state index in [1.165, 1.54) is 12.1 Å². The summed E-state index contributed by atoms with van der Waals surface area (Å²) >= 11 is 1.09. The van der Waals surface area contributed by atoms with E-state index in [0.29, 0.717) is 12.8 Å². The number of carbonyl (C=O) groups is 2.